The Balaban J connectivity index is 1.67. The van der Waals surface area contributed by atoms with Gasteiger partial charge in [-0.3, -0.25) is 4.79 Å². The minimum atomic E-state index is -0.0825. The highest BCUT2D eigenvalue weighted by molar-refractivity contribution is 5.78. The van der Waals surface area contributed by atoms with Gasteiger partial charge in [0, 0.05) is 24.7 Å². The van der Waals surface area contributed by atoms with Gasteiger partial charge in [0.1, 0.15) is 11.4 Å². The largest absolute Gasteiger partial charge is 0.497 e. The Bertz CT molecular complexity index is 1020. The zero-order valence-electron chi connectivity index (χ0n) is 18.1. The van der Waals surface area contributed by atoms with E-state index in [1.54, 1.807) is 12.0 Å². The molecule has 6 nitrogen and oxygen atoms in total. The van der Waals surface area contributed by atoms with Crippen molar-refractivity contribution in [1.29, 1.82) is 0 Å². The average molecular weight is 408 g/mol. The lowest BCUT2D eigenvalue weighted by atomic mass is 9.91. The number of piperazine rings is 1. The van der Waals surface area contributed by atoms with Gasteiger partial charge in [-0.25, -0.2) is 4.98 Å². The van der Waals surface area contributed by atoms with Gasteiger partial charge in [-0.15, -0.1) is 0 Å². The van der Waals surface area contributed by atoms with Crippen LogP contribution in [-0.2, 0) is 4.79 Å². The number of imidazole rings is 1. The first-order chi connectivity index (χ1) is 14.6. The van der Waals surface area contributed by atoms with Gasteiger partial charge >= 0.3 is 0 Å². The second kappa shape index (κ2) is 8.88. The fraction of sp³-hybridized carbons (Fsp3) is 0.417. The third kappa shape index (κ3) is 4.05. The zero-order valence-corrected chi connectivity index (χ0v) is 18.1. The van der Waals surface area contributed by atoms with E-state index in [2.05, 4.69) is 35.4 Å². The Morgan fingerprint density at radius 3 is 2.77 bits per heavy atom. The minimum absolute atomic E-state index is 0.0825. The summed E-state index contributed by atoms with van der Waals surface area (Å²) in [5.41, 5.74) is 4.17. The average Bonchev–Trinajstić information content (AvgIpc) is 3.22. The molecular formula is C24H31N4O2+. The van der Waals surface area contributed by atoms with Crippen LogP contribution in [-0.4, -0.2) is 60.0 Å². The molecular weight excluding hydrogens is 376 g/mol. The highest BCUT2D eigenvalue weighted by Crippen LogP contribution is 2.32. The van der Waals surface area contributed by atoms with Crippen LogP contribution in [0.1, 0.15) is 36.1 Å². The number of aryl methyl sites for hydroxylation is 1. The minimum Gasteiger partial charge on any atom is -0.497 e. The number of pyridine rings is 1. The van der Waals surface area contributed by atoms with Crippen molar-refractivity contribution in [2.24, 2.45) is 0 Å². The normalized spacial score (nSPS) is 16.0. The smallest absolute Gasteiger partial charge is 0.223 e. The highest BCUT2D eigenvalue weighted by Gasteiger charge is 2.28. The van der Waals surface area contributed by atoms with Crippen molar-refractivity contribution >= 4 is 11.6 Å². The number of quaternary nitrogens is 1. The van der Waals surface area contributed by atoms with E-state index in [0.717, 1.165) is 60.9 Å². The molecule has 1 N–H and O–H groups in total. The molecule has 1 saturated heterocycles. The summed E-state index contributed by atoms with van der Waals surface area (Å²) in [6.45, 7) is 9.11. The summed E-state index contributed by atoms with van der Waals surface area (Å²) >= 11 is 0. The zero-order chi connectivity index (χ0) is 21.1. The maximum absolute atomic E-state index is 13.3. The molecule has 3 heterocycles. The van der Waals surface area contributed by atoms with Gasteiger partial charge in [-0.1, -0.05) is 18.2 Å². The maximum atomic E-state index is 13.3. The number of nitrogens with one attached hydrogen (secondary N) is 1. The summed E-state index contributed by atoms with van der Waals surface area (Å²) in [5.74, 6) is 0.927. The number of likely N-dealkylation sites (N-methyl/N-ethyl adjacent to an activating group) is 1. The number of rotatable bonds is 6. The molecule has 0 radical (unpaired) electrons. The van der Waals surface area contributed by atoms with Crippen molar-refractivity contribution < 1.29 is 14.4 Å². The van der Waals surface area contributed by atoms with E-state index in [-0.39, 0.29) is 11.8 Å². The number of aromatic nitrogens is 2. The van der Waals surface area contributed by atoms with Gasteiger partial charge in [-0.05, 0) is 43.2 Å². The number of hydrogen-bond acceptors (Lipinski definition) is 3. The lowest BCUT2D eigenvalue weighted by Gasteiger charge is -2.32. The molecule has 1 amide bonds. The van der Waals surface area contributed by atoms with Gasteiger partial charge in [-0.2, -0.15) is 0 Å². The molecule has 0 saturated carbocycles. The Kier molecular flexibility index (Phi) is 6.04. The first kappa shape index (κ1) is 20.4. The summed E-state index contributed by atoms with van der Waals surface area (Å²) in [6.07, 6.45) is 4.38. The lowest BCUT2D eigenvalue weighted by Crippen LogP contribution is -3.14. The van der Waals surface area contributed by atoms with Crippen molar-refractivity contribution in [3.05, 3.63) is 65.6 Å². The monoisotopic (exact) mass is 407 g/mol. The van der Waals surface area contributed by atoms with Crippen molar-refractivity contribution in [2.45, 2.75) is 26.2 Å². The van der Waals surface area contributed by atoms with Crippen molar-refractivity contribution in [3.63, 3.8) is 0 Å². The molecule has 30 heavy (non-hydrogen) atoms. The molecule has 0 aliphatic carbocycles. The number of methoxy groups -OCH3 is 1. The molecule has 2 aromatic heterocycles. The second-order valence-electron chi connectivity index (χ2n) is 8.09. The van der Waals surface area contributed by atoms with E-state index in [1.807, 2.05) is 41.6 Å². The van der Waals surface area contributed by atoms with Gasteiger partial charge in [0.15, 0.2) is 0 Å². The SMILES string of the molecule is CC[NH+]1CCN(C(=O)C[C@@H](c2cccc(OC)c2)c2cnc3c(C)cccn23)CC1. The summed E-state index contributed by atoms with van der Waals surface area (Å²) in [6, 6.07) is 12.1. The second-order valence-corrected chi connectivity index (χ2v) is 8.09. The van der Waals surface area contributed by atoms with E-state index in [1.165, 1.54) is 0 Å². The quantitative estimate of drug-likeness (QED) is 0.679. The number of benzene rings is 1. The lowest BCUT2D eigenvalue weighted by molar-refractivity contribution is -0.902. The predicted octanol–water partition coefficient (Wildman–Crippen LogP) is 1.92. The topological polar surface area (TPSA) is 51.3 Å². The summed E-state index contributed by atoms with van der Waals surface area (Å²) in [7, 11) is 1.67. The van der Waals surface area contributed by atoms with Crippen molar-refractivity contribution in [2.75, 3.05) is 39.8 Å². The van der Waals surface area contributed by atoms with E-state index in [9.17, 15) is 4.79 Å². The summed E-state index contributed by atoms with van der Waals surface area (Å²) in [5, 5.41) is 0. The first-order valence-corrected chi connectivity index (χ1v) is 10.8. The van der Waals surface area contributed by atoms with Gasteiger partial charge < -0.3 is 18.9 Å². The molecule has 6 heteroatoms. The Labute approximate surface area is 178 Å². The predicted molar refractivity (Wildman–Crippen MR) is 117 cm³/mol. The molecule has 0 unspecified atom stereocenters. The number of nitrogens with zero attached hydrogens (tertiary/aromatic N) is 3. The van der Waals surface area contributed by atoms with Gasteiger partial charge in [0.05, 0.1) is 45.5 Å². The Morgan fingerprint density at radius 2 is 2.03 bits per heavy atom. The molecule has 0 spiro atoms. The highest BCUT2D eigenvalue weighted by atomic mass is 16.5. The van der Waals surface area contributed by atoms with Crippen LogP contribution in [0.15, 0.2) is 48.8 Å². The van der Waals surface area contributed by atoms with Crippen LogP contribution < -0.4 is 9.64 Å². The third-order valence-electron chi connectivity index (χ3n) is 6.31. The van der Waals surface area contributed by atoms with Crippen LogP contribution in [0.5, 0.6) is 5.75 Å². The van der Waals surface area contributed by atoms with Gasteiger partial charge in [0.2, 0.25) is 5.91 Å². The van der Waals surface area contributed by atoms with Crippen molar-refractivity contribution in [3.8, 4) is 5.75 Å². The third-order valence-corrected chi connectivity index (χ3v) is 6.31. The molecule has 1 aliphatic rings. The standard InChI is InChI=1S/C24H30N4O2/c1-4-26-11-13-27(14-12-26)23(29)16-21(19-8-5-9-20(15-19)30-3)22-17-25-24-18(2)7-6-10-28(22)24/h5-10,15,17,21H,4,11-14,16H2,1-3H3/p+1/t21-/m0/s1. The molecule has 3 aromatic rings. The molecule has 4 rings (SSSR count). The van der Waals surface area contributed by atoms with E-state index in [0.29, 0.717) is 6.42 Å². The van der Waals surface area contributed by atoms with E-state index >= 15 is 0 Å². The molecule has 158 valence electrons. The number of amides is 1. The fourth-order valence-electron chi connectivity index (χ4n) is 4.41. The van der Waals surface area contributed by atoms with Crippen LogP contribution in [0.4, 0.5) is 0 Å². The number of carbonyl (C=O) groups is 1. The van der Waals surface area contributed by atoms with Crippen LogP contribution in [0.3, 0.4) is 0 Å². The summed E-state index contributed by atoms with van der Waals surface area (Å²) in [4.78, 5) is 21.5. The van der Waals surface area contributed by atoms with Crippen LogP contribution in [0.25, 0.3) is 5.65 Å². The van der Waals surface area contributed by atoms with E-state index < -0.39 is 0 Å². The molecule has 0 bridgehead atoms. The van der Waals surface area contributed by atoms with Crippen LogP contribution >= 0.6 is 0 Å². The molecule has 1 fully saturated rings. The number of hydrogen-bond donors (Lipinski definition) is 1. The molecule has 1 aliphatic heterocycles. The fourth-order valence-corrected chi connectivity index (χ4v) is 4.41. The number of ether oxygens (including phenoxy) is 1. The maximum Gasteiger partial charge on any atom is 0.223 e. The summed E-state index contributed by atoms with van der Waals surface area (Å²) < 4.78 is 7.57. The van der Waals surface area contributed by atoms with Gasteiger partial charge in [0.25, 0.3) is 0 Å². The Hall–Kier alpha value is -2.86. The first-order valence-electron chi connectivity index (χ1n) is 10.8. The van der Waals surface area contributed by atoms with E-state index in [4.69, 9.17) is 4.74 Å². The molecule has 1 atom stereocenters. The van der Waals surface area contributed by atoms with Crippen LogP contribution in [0, 0.1) is 6.92 Å². The molecule has 1 aromatic carbocycles. The van der Waals surface area contributed by atoms with Crippen LogP contribution in [0.2, 0.25) is 0 Å². The number of fused-ring (bicyclic) bond motifs is 1. The van der Waals surface area contributed by atoms with Crippen molar-refractivity contribution in [1.82, 2.24) is 14.3 Å². The Morgan fingerprint density at radius 1 is 1.23 bits per heavy atom. The number of carbonyl (C=O) groups excluding carboxylic acids is 1.